The fourth-order valence-electron chi connectivity index (χ4n) is 8.06. The van der Waals surface area contributed by atoms with E-state index in [1.807, 2.05) is 29.6 Å². The van der Waals surface area contributed by atoms with Crippen molar-refractivity contribution in [1.29, 1.82) is 0 Å². The van der Waals surface area contributed by atoms with Crippen molar-refractivity contribution in [3.63, 3.8) is 0 Å². The maximum Gasteiger partial charge on any atom is 0.0745 e. The lowest BCUT2D eigenvalue weighted by atomic mass is 9.64. The molecule has 3 heterocycles. The molecule has 10 rings (SSSR count). The third-order valence-electron chi connectivity index (χ3n) is 10.4. The zero-order valence-electron chi connectivity index (χ0n) is 28.3. The Hall–Kier alpha value is -5.68. The van der Waals surface area contributed by atoms with Gasteiger partial charge in [-0.25, -0.2) is 0 Å². The average Bonchev–Trinajstić information content (AvgIpc) is 3.21. The van der Waals surface area contributed by atoms with E-state index in [2.05, 4.69) is 187 Å². The van der Waals surface area contributed by atoms with Crippen molar-refractivity contribution >= 4 is 40.6 Å². The molecule has 0 atom stereocenters. The van der Waals surface area contributed by atoms with Gasteiger partial charge in [0, 0.05) is 48.8 Å². The van der Waals surface area contributed by atoms with Crippen LogP contribution in [0.3, 0.4) is 0 Å². The minimum atomic E-state index is -0.441. The third-order valence-corrected chi connectivity index (χ3v) is 12.7. The van der Waals surface area contributed by atoms with Gasteiger partial charge in [0.05, 0.1) is 5.41 Å². The Kier molecular flexibility index (Phi) is 7.67. The molecule has 0 bridgehead atoms. The third kappa shape index (κ3) is 5.13. The van der Waals surface area contributed by atoms with Crippen LogP contribution in [0.4, 0.5) is 11.4 Å². The number of rotatable bonds is 5. The Balaban J connectivity index is 1.14. The van der Waals surface area contributed by atoms with Gasteiger partial charge in [-0.2, -0.15) is 0 Å². The number of anilines is 2. The van der Waals surface area contributed by atoms with Crippen molar-refractivity contribution in [2.45, 2.75) is 25.0 Å². The molecule has 0 unspecified atom stereocenters. The second kappa shape index (κ2) is 12.8. The van der Waals surface area contributed by atoms with Crippen LogP contribution >= 0.6 is 23.5 Å². The molecule has 0 amide bonds. The first-order chi connectivity index (χ1) is 25.8. The summed E-state index contributed by atoms with van der Waals surface area (Å²) < 4.78 is 0. The number of dihydropyridines is 1. The highest BCUT2D eigenvalue weighted by Gasteiger charge is 2.48. The van der Waals surface area contributed by atoms with Gasteiger partial charge in [0.1, 0.15) is 0 Å². The Morgan fingerprint density at radius 2 is 1.08 bits per heavy atom. The largest absolute Gasteiger partial charge is 0.381 e. The number of para-hydroxylation sites is 2. The molecule has 0 aromatic heterocycles. The Morgan fingerprint density at radius 1 is 0.481 bits per heavy atom. The number of nitrogens with one attached hydrogen (secondary N) is 2. The monoisotopic (exact) mass is 702 g/mol. The summed E-state index contributed by atoms with van der Waals surface area (Å²) in [6.45, 7) is 0.843. The van der Waals surface area contributed by atoms with Crippen molar-refractivity contribution in [1.82, 2.24) is 5.32 Å². The van der Waals surface area contributed by atoms with Crippen LogP contribution in [0.1, 0.15) is 27.8 Å². The van der Waals surface area contributed by atoms with Gasteiger partial charge < -0.3 is 10.6 Å². The predicted octanol–water partition coefficient (Wildman–Crippen LogP) is 12.6. The summed E-state index contributed by atoms with van der Waals surface area (Å²) in [4.78, 5) is 5.22. The second-order valence-electron chi connectivity index (χ2n) is 13.4. The van der Waals surface area contributed by atoms with Crippen molar-refractivity contribution in [2.75, 3.05) is 11.9 Å². The minimum absolute atomic E-state index is 0.441. The van der Waals surface area contributed by atoms with E-state index in [9.17, 15) is 0 Å². The van der Waals surface area contributed by atoms with Crippen molar-refractivity contribution < 1.29 is 0 Å². The van der Waals surface area contributed by atoms with Crippen LogP contribution < -0.4 is 10.6 Å². The number of benzene rings is 7. The van der Waals surface area contributed by atoms with Gasteiger partial charge in [-0.05, 0) is 99.1 Å². The van der Waals surface area contributed by atoms with Gasteiger partial charge >= 0.3 is 0 Å². The van der Waals surface area contributed by atoms with E-state index in [0.717, 1.165) is 17.9 Å². The topological polar surface area (TPSA) is 24.1 Å². The molecule has 7 aromatic carbocycles. The van der Waals surface area contributed by atoms with Crippen LogP contribution in [0.25, 0.3) is 28.0 Å². The lowest BCUT2D eigenvalue weighted by Crippen LogP contribution is -2.36. The molecule has 52 heavy (non-hydrogen) atoms. The predicted molar refractivity (Wildman–Crippen MR) is 219 cm³/mol. The summed E-state index contributed by atoms with van der Waals surface area (Å²) >= 11 is 3.79. The molecule has 1 spiro atoms. The van der Waals surface area contributed by atoms with Gasteiger partial charge in [0.15, 0.2) is 0 Å². The molecule has 248 valence electrons. The fraction of sp³-hybridized carbons (Fsp3) is 0.0417. The lowest BCUT2D eigenvalue weighted by molar-refractivity contribution is 0.667. The quantitative estimate of drug-likeness (QED) is 0.186. The number of allylic oxidation sites excluding steroid dienone is 2. The van der Waals surface area contributed by atoms with Crippen LogP contribution in [0.15, 0.2) is 202 Å². The molecule has 3 aliphatic rings. The highest BCUT2D eigenvalue weighted by atomic mass is 32.2. The van der Waals surface area contributed by atoms with Gasteiger partial charge in [-0.3, -0.25) is 0 Å². The van der Waals surface area contributed by atoms with Crippen LogP contribution in [0.5, 0.6) is 0 Å². The summed E-state index contributed by atoms with van der Waals surface area (Å²) in [5.74, 6) is 0. The first-order valence-electron chi connectivity index (χ1n) is 17.7. The first kappa shape index (κ1) is 31.1. The molecular formula is C48H34N2S2. The Bertz CT molecular complexity index is 2520. The van der Waals surface area contributed by atoms with Crippen molar-refractivity contribution in [3.8, 4) is 22.3 Å². The van der Waals surface area contributed by atoms with E-state index in [0.29, 0.717) is 0 Å². The van der Waals surface area contributed by atoms with Crippen LogP contribution in [-0.4, -0.2) is 6.54 Å². The van der Waals surface area contributed by atoms with E-state index in [-0.39, 0.29) is 0 Å². The summed E-state index contributed by atoms with van der Waals surface area (Å²) in [5, 5.41) is 7.23. The zero-order valence-corrected chi connectivity index (χ0v) is 30.0. The van der Waals surface area contributed by atoms with Crippen molar-refractivity contribution in [2.24, 2.45) is 0 Å². The van der Waals surface area contributed by atoms with E-state index < -0.39 is 5.41 Å². The Labute approximate surface area is 313 Å². The van der Waals surface area contributed by atoms with Crippen LogP contribution in [0, 0.1) is 0 Å². The average molecular weight is 703 g/mol. The molecule has 3 aliphatic heterocycles. The lowest BCUT2D eigenvalue weighted by Gasteiger charge is -2.45. The minimum Gasteiger partial charge on any atom is -0.381 e. The standard InChI is InChI=1S/C48H34N2S2/c1-2-15-36(16-3-1)50-43-21-7-4-17-37(43)34-14-12-13-32(29-34)33-24-26-40-46(30-33)52-47-31-35(42-20-10-11-28-49-42)25-27-41(47)48(40)38-18-5-8-22-44(38)51-45-23-9-6-19-39(45)48/h1-27,29-31,49-50H,28H2. The molecular weight excluding hydrogens is 669 g/mol. The summed E-state index contributed by atoms with van der Waals surface area (Å²) in [6.07, 6.45) is 6.49. The smallest absolute Gasteiger partial charge is 0.0745 e. The highest BCUT2D eigenvalue weighted by molar-refractivity contribution is 8.00. The first-order valence-corrected chi connectivity index (χ1v) is 19.4. The maximum atomic E-state index is 3.64. The molecule has 0 saturated heterocycles. The molecule has 0 saturated carbocycles. The van der Waals surface area contributed by atoms with Crippen LogP contribution in [0.2, 0.25) is 0 Å². The molecule has 4 heteroatoms. The molecule has 0 fully saturated rings. The SMILES string of the molecule is C1=CCNC(c2ccc3c(c2)Sc2cc(-c4cccc(-c5ccccc5Nc5ccccc5)c4)ccc2C32c3ccccc3Sc3ccccc32)=C1. The van der Waals surface area contributed by atoms with E-state index in [4.69, 9.17) is 0 Å². The van der Waals surface area contributed by atoms with Gasteiger partial charge in [-0.1, -0.05) is 151 Å². The number of hydrogen-bond donors (Lipinski definition) is 2. The fourth-order valence-corrected chi connectivity index (χ4v) is 10.5. The van der Waals surface area contributed by atoms with E-state index >= 15 is 0 Å². The normalized spacial score (nSPS) is 14.7. The highest BCUT2D eigenvalue weighted by Crippen LogP contribution is 2.62. The van der Waals surface area contributed by atoms with Gasteiger partial charge in [0.2, 0.25) is 0 Å². The van der Waals surface area contributed by atoms with E-state index in [1.165, 1.54) is 75.4 Å². The number of hydrogen-bond acceptors (Lipinski definition) is 4. The molecule has 0 radical (unpaired) electrons. The summed E-state index contributed by atoms with van der Waals surface area (Å²) in [7, 11) is 0. The molecule has 7 aromatic rings. The van der Waals surface area contributed by atoms with Crippen molar-refractivity contribution in [3.05, 3.63) is 210 Å². The molecule has 2 nitrogen and oxygen atoms in total. The van der Waals surface area contributed by atoms with E-state index in [1.54, 1.807) is 0 Å². The van der Waals surface area contributed by atoms with Gasteiger partial charge in [-0.15, -0.1) is 0 Å². The Morgan fingerprint density at radius 3 is 1.83 bits per heavy atom. The molecule has 0 aliphatic carbocycles. The summed E-state index contributed by atoms with van der Waals surface area (Å²) in [5.41, 5.74) is 14.3. The molecule has 2 N–H and O–H groups in total. The second-order valence-corrected chi connectivity index (χ2v) is 15.5. The summed E-state index contributed by atoms with van der Waals surface area (Å²) in [6, 6.07) is 60.2. The van der Waals surface area contributed by atoms with Crippen LogP contribution in [-0.2, 0) is 5.41 Å². The maximum absolute atomic E-state index is 3.64. The number of fused-ring (bicyclic) bond motifs is 8. The van der Waals surface area contributed by atoms with Gasteiger partial charge in [0.25, 0.3) is 0 Å². The zero-order chi connectivity index (χ0) is 34.5.